The topological polar surface area (TPSA) is 95.4 Å². The minimum absolute atomic E-state index is 0.360. The molecular weight excluding hydrogens is 244 g/mol. The molecule has 0 aliphatic rings. The quantitative estimate of drug-likeness (QED) is 0.850. The van der Waals surface area contributed by atoms with Crippen LogP contribution in [0.25, 0.3) is 0 Å². The van der Waals surface area contributed by atoms with Crippen LogP contribution in [0.2, 0.25) is 0 Å². The van der Waals surface area contributed by atoms with E-state index in [0.717, 1.165) is 11.5 Å². The molecule has 0 aromatic carbocycles. The van der Waals surface area contributed by atoms with Crippen molar-refractivity contribution in [2.45, 2.75) is 26.3 Å². The van der Waals surface area contributed by atoms with Crippen LogP contribution in [0.15, 0.2) is 6.20 Å². The molecule has 1 aromatic rings. The van der Waals surface area contributed by atoms with Crippen molar-refractivity contribution in [2.75, 3.05) is 11.9 Å². The van der Waals surface area contributed by atoms with Crippen molar-refractivity contribution in [1.29, 1.82) is 0 Å². The van der Waals surface area contributed by atoms with E-state index in [0.29, 0.717) is 5.00 Å². The first-order chi connectivity index (χ1) is 7.80. The Labute approximate surface area is 103 Å². The van der Waals surface area contributed by atoms with Crippen LogP contribution in [0.3, 0.4) is 0 Å². The Hall–Kier alpha value is -1.70. The molecule has 17 heavy (non-hydrogen) atoms. The molecule has 1 rings (SSSR count). The van der Waals surface area contributed by atoms with Crippen LogP contribution in [0.5, 0.6) is 0 Å². The van der Waals surface area contributed by atoms with Crippen molar-refractivity contribution in [3.8, 4) is 0 Å². The fourth-order valence-corrected chi connectivity index (χ4v) is 1.55. The van der Waals surface area contributed by atoms with Gasteiger partial charge in [-0.1, -0.05) is 4.49 Å². The van der Waals surface area contributed by atoms with E-state index >= 15 is 0 Å². The lowest BCUT2D eigenvalue weighted by molar-refractivity contribution is -0.138. The summed E-state index contributed by atoms with van der Waals surface area (Å²) >= 11 is 1.03. The van der Waals surface area contributed by atoms with E-state index < -0.39 is 17.5 Å². The predicted octanol–water partition coefficient (Wildman–Crippen LogP) is 1.26. The van der Waals surface area contributed by atoms with Crippen molar-refractivity contribution in [2.24, 2.45) is 0 Å². The zero-order chi connectivity index (χ0) is 13.1. The van der Waals surface area contributed by atoms with Crippen LogP contribution >= 0.6 is 11.5 Å². The largest absolute Gasteiger partial charge is 0.480 e. The van der Waals surface area contributed by atoms with Crippen LogP contribution in [0.4, 0.5) is 9.80 Å². The Morgan fingerprint density at radius 1 is 1.53 bits per heavy atom. The monoisotopic (exact) mass is 258 g/mol. The molecule has 0 saturated heterocycles. The minimum Gasteiger partial charge on any atom is -0.480 e. The molecule has 0 spiro atoms. The van der Waals surface area contributed by atoms with E-state index in [2.05, 4.69) is 14.9 Å². The van der Waals surface area contributed by atoms with Gasteiger partial charge in [0.15, 0.2) is 0 Å². The Morgan fingerprint density at radius 2 is 2.18 bits per heavy atom. The molecule has 2 amide bonds. The standard InChI is InChI=1S/C9H14N4O3S/c1-9(2,3)13(5-7(14)15)8(16)11-6-4-10-12-17-6/h4H,5H2,1-3H3,(H,11,16)(H,14,15). The highest BCUT2D eigenvalue weighted by molar-refractivity contribution is 7.10. The predicted molar refractivity (Wildman–Crippen MR) is 63.0 cm³/mol. The smallest absolute Gasteiger partial charge is 0.323 e. The number of nitrogens with one attached hydrogen (secondary N) is 1. The number of carboxylic acid groups (broad SMARTS) is 1. The Balaban J connectivity index is 2.76. The Kier molecular flexibility index (Phi) is 4.00. The summed E-state index contributed by atoms with van der Waals surface area (Å²) in [6.07, 6.45) is 1.41. The first-order valence-electron chi connectivity index (χ1n) is 4.88. The first-order valence-corrected chi connectivity index (χ1v) is 5.66. The summed E-state index contributed by atoms with van der Waals surface area (Å²) in [5.41, 5.74) is -0.583. The zero-order valence-electron chi connectivity index (χ0n) is 9.80. The number of urea groups is 1. The van der Waals surface area contributed by atoms with Crippen molar-refractivity contribution in [3.05, 3.63) is 6.20 Å². The third-order valence-electron chi connectivity index (χ3n) is 1.94. The first kappa shape index (κ1) is 13.4. The average Bonchev–Trinajstić information content (AvgIpc) is 2.64. The number of aromatic nitrogens is 2. The molecule has 0 bridgehead atoms. The molecule has 0 fully saturated rings. The van der Waals surface area contributed by atoms with Gasteiger partial charge in [0.1, 0.15) is 11.5 Å². The van der Waals surface area contributed by atoms with E-state index in [-0.39, 0.29) is 6.54 Å². The van der Waals surface area contributed by atoms with Gasteiger partial charge in [0, 0.05) is 17.1 Å². The molecule has 0 unspecified atom stereocenters. The summed E-state index contributed by atoms with van der Waals surface area (Å²) in [7, 11) is 0. The molecule has 0 radical (unpaired) electrons. The number of aliphatic carboxylic acids is 1. The van der Waals surface area contributed by atoms with Crippen molar-refractivity contribution < 1.29 is 14.7 Å². The van der Waals surface area contributed by atoms with Gasteiger partial charge in [0.05, 0.1) is 6.20 Å². The molecule has 1 heterocycles. The normalized spacial score (nSPS) is 11.0. The molecule has 0 saturated carbocycles. The third kappa shape index (κ3) is 3.99. The highest BCUT2D eigenvalue weighted by Gasteiger charge is 2.28. The molecule has 8 heteroatoms. The highest BCUT2D eigenvalue weighted by Crippen LogP contribution is 2.16. The van der Waals surface area contributed by atoms with Crippen LogP contribution in [0, 0.1) is 0 Å². The second kappa shape index (κ2) is 5.09. The lowest BCUT2D eigenvalue weighted by Crippen LogP contribution is -2.50. The molecule has 0 aliphatic carbocycles. The number of carboxylic acids is 1. The van der Waals surface area contributed by atoms with Crippen LogP contribution in [-0.4, -0.2) is 43.7 Å². The summed E-state index contributed by atoms with van der Waals surface area (Å²) in [6, 6.07) is -0.481. The number of anilines is 1. The molecule has 2 N–H and O–H groups in total. The summed E-state index contributed by atoms with van der Waals surface area (Å²) in [6.45, 7) is 4.93. The fraction of sp³-hybridized carbons (Fsp3) is 0.556. The van der Waals surface area contributed by atoms with Crippen LogP contribution in [-0.2, 0) is 4.79 Å². The van der Waals surface area contributed by atoms with E-state index in [9.17, 15) is 9.59 Å². The zero-order valence-corrected chi connectivity index (χ0v) is 10.6. The van der Waals surface area contributed by atoms with E-state index in [1.165, 1.54) is 11.1 Å². The number of carbonyl (C=O) groups is 2. The van der Waals surface area contributed by atoms with Crippen LogP contribution in [0.1, 0.15) is 20.8 Å². The van der Waals surface area contributed by atoms with E-state index in [4.69, 9.17) is 5.11 Å². The van der Waals surface area contributed by atoms with Gasteiger partial charge >= 0.3 is 12.0 Å². The van der Waals surface area contributed by atoms with Gasteiger partial charge in [-0.2, -0.15) is 0 Å². The SMILES string of the molecule is CC(C)(C)N(CC(=O)O)C(=O)Nc1cnns1. The molecule has 7 nitrogen and oxygen atoms in total. The lowest BCUT2D eigenvalue weighted by atomic mass is 10.1. The fourth-order valence-electron chi connectivity index (χ4n) is 1.14. The minimum atomic E-state index is -1.06. The number of hydrogen-bond donors (Lipinski definition) is 2. The molecule has 0 atom stereocenters. The van der Waals surface area contributed by atoms with Crippen molar-refractivity contribution >= 4 is 28.5 Å². The summed E-state index contributed by atoms with van der Waals surface area (Å²) in [5.74, 6) is -1.06. The molecule has 94 valence electrons. The van der Waals surface area contributed by atoms with Gasteiger partial charge in [0.2, 0.25) is 0 Å². The average molecular weight is 258 g/mol. The molecular formula is C9H14N4O3S. The van der Waals surface area contributed by atoms with Crippen LogP contribution < -0.4 is 5.32 Å². The summed E-state index contributed by atoms with van der Waals surface area (Å²) in [5, 5.41) is 15.4. The number of hydrogen-bond acceptors (Lipinski definition) is 5. The Bertz CT molecular complexity index is 399. The lowest BCUT2D eigenvalue weighted by Gasteiger charge is -2.33. The van der Waals surface area contributed by atoms with Gasteiger partial charge < -0.3 is 10.0 Å². The van der Waals surface area contributed by atoms with Gasteiger partial charge in [0.25, 0.3) is 0 Å². The summed E-state index contributed by atoms with van der Waals surface area (Å²) in [4.78, 5) is 23.8. The number of amides is 2. The number of nitrogens with zero attached hydrogens (tertiary/aromatic N) is 3. The molecule has 1 aromatic heterocycles. The van der Waals surface area contributed by atoms with Gasteiger partial charge in [-0.3, -0.25) is 10.1 Å². The summed E-state index contributed by atoms with van der Waals surface area (Å²) < 4.78 is 3.60. The van der Waals surface area contributed by atoms with Gasteiger partial charge in [-0.15, -0.1) is 5.10 Å². The third-order valence-corrected chi connectivity index (χ3v) is 2.52. The van der Waals surface area contributed by atoms with Gasteiger partial charge in [-0.25, -0.2) is 4.79 Å². The van der Waals surface area contributed by atoms with Gasteiger partial charge in [-0.05, 0) is 20.8 Å². The van der Waals surface area contributed by atoms with Crippen molar-refractivity contribution in [1.82, 2.24) is 14.5 Å². The Morgan fingerprint density at radius 3 is 2.59 bits per heavy atom. The highest BCUT2D eigenvalue weighted by atomic mass is 32.1. The second-order valence-corrected chi connectivity index (χ2v) is 5.15. The van der Waals surface area contributed by atoms with Crippen molar-refractivity contribution in [3.63, 3.8) is 0 Å². The maximum absolute atomic E-state index is 11.9. The van der Waals surface area contributed by atoms with E-state index in [1.54, 1.807) is 20.8 Å². The van der Waals surface area contributed by atoms with E-state index in [1.807, 2.05) is 0 Å². The number of rotatable bonds is 3. The maximum Gasteiger partial charge on any atom is 0.323 e. The maximum atomic E-state index is 11.9. The number of carbonyl (C=O) groups excluding carboxylic acids is 1. The molecule has 0 aliphatic heterocycles. The second-order valence-electron chi connectivity index (χ2n) is 4.36.